The maximum Gasteiger partial charge on any atom is 0.317 e. The van der Waals surface area contributed by atoms with Gasteiger partial charge in [0.2, 0.25) is 0 Å². The second kappa shape index (κ2) is 5.57. The Morgan fingerprint density at radius 2 is 1.90 bits per heavy atom. The predicted molar refractivity (Wildman–Crippen MR) is 78.3 cm³/mol. The number of nitrogens with one attached hydrogen (secondary N) is 1. The zero-order valence-corrected chi connectivity index (χ0v) is 11.6. The van der Waals surface area contributed by atoms with Crippen molar-refractivity contribution in [2.75, 3.05) is 32.7 Å². The van der Waals surface area contributed by atoms with E-state index < -0.39 is 5.97 Å². The van der Waals surface area contributed by atoms with Gasteiger partial charge in [0, 0.05) is 43.5 Å². The number of benzene rings is 1. The third kappa shape index (κ3) is 2.90. The minimum atomic E-state index is -0.827. The topological polar surface area (TPSA) is 76.6 Å². The zero-order chi connectivity index (χ0) is 14.8. The van der Waals surface area contributed by atoms with E-state index >= 15 is 0 Å². The number of hydrogen-bond acceptors (Lipinski definition) is 3. The molecule has 6 heteroatoms. The van der Waals surface area contributed by atoms with E-state index in [1.54, 1.807) is 4.90 Å². The number of fused-ring (bicyclic) bond motifs is 1. The first-order chi connectivity index (χ1) is 10.1. The normalized spacial score (nSPS) is 16.3. The van der Waals surface area contributed by atoms with Crippen LogP contribution in [0.3, 0.4) is 0 Å². The van der Waals surface area contributed by atoms with Gasteiger partial charge in [-0.3, -0.25) is 14.5 Å². The van der Waals surface area contributed by atoms with E-state index in [9.17, 15) is 9.59 Å². The third-order valence-electron chi connectivity index (χ3n) is 3.82. The van der Waals surface area contributed by atoms with Crippen LogP contribution in [0.15, 0.2) is 30.5 Å². The highest BCUT2D eigenvalue weighted by atomic mass is 16.4. The summed E-state index contributed by atoms with van der Waals surface area (Å²) in [6.07, 6.45) is 1.85. The Bertz CT molecular complexity index is 672. The first kappa shape index (κ1) is 13.6. The number of hydrogen-bond donors (Lipinski definition) is 2. The third-order valence-corrected chi connectivity index (χ3v) is 3.82. The molecule has 0 unspecified atom stereocenters. The molecule has 1 fully saturated rings. The molecular weight excluding hydrogens is 270 g/mol. The Balaban J connectivity index is 1.67. The lowest BCUT2D eigenvalue weighted by Crippen LogP contribution is -2.49. The van der Waals surface area contributed by atoms with Gasteiger partial charge in [-0.15, -0.1) is 0 Å². The summed E-state index contributed by atoms with van der Waals surface area (Å²) in [4.78, 5) is 29.9. The van der Waals surface area contributed by atoms with Crippen molar-refractivity contribution in [3.8, 4) is 0 Å². The fourth-order valence-electron chi connectivity index (χ4n) is 2.66. The number of carbonyl (C=O) groups excluding carboxylic acids is 1. The minimum Gasteiger partial charge on any atom is -0.480 e. The molecule has 1 saturated heterocycles. The molecule has 0 bridgehead atoms. The van der Waals surface area contributed by atoms with Gasteiger partial charge in [-0.2, -0.15) is 0 Å². The van der Waals surface area contributed by atoms with Gasteiger partial charge in [-0.25, -0.2) is 0 Å². The summed E-state index contributed by atoms with van der Waals surface area (Å²) in [7, 11) is 0. The average molecular weight is 287 g/mol. The fourth-order valence-corrected chi connectivity index (χ4v) is 2.66. The highest BCUT2D eigenvalue weighted by Gasteiger charge is 2.23. The highest BCUT2D eigenvalue weighted by molar-refractivity contribution is 5.98. The number of carboxylic acids is 1. The van der Waals surface area contributed by atoms with Crippen molar-refractivity contribution in [3.63, 3.8) is 0 Å². The SMILES string of the molecule is O=C(O)CN1CCN(C(=O)c2ccc3cc[nH]c3c2)CC1. The molecule has 110 valence electrons. The van der Waals surface area contributed by atoms with E-state index in [0.717, 1.165) is 10.9 Å². The van der Waals surface area contributed by atoms with Crippen LogP contribution in [0, 0.1) is 0 Å². The number of carboxylic acid groups (broad SMARTS) is 1. The van der Waals surface area contributed by atoms with E-state index in [4.69, 9.17) is 5.11 Å². The summed E-state index contributed by atoms with van der Waals surface area (Å²) in [6.45, 7) is 2.37. The molecule has 2 aromatic rings. The molecule has 0 saturated carbocycles. The van der Waals surface area contributed by atoms with Crippen LogP contribution in [0.2, 0.25) is 0 Å². The quantitative estimate of drug-likeness (QED) is 0.883. The van der Waals surface area contributed by atoms with Crippen molar-refractivity contribution in [1.29, 1.82) is 0 Å². The Hall–Kier alpha value is -2.34. The van der Waals surface area contributed by atoms with Gasteiger partial charge in [0.05, 0.1) is 6.54 Å². The number of nitrogens with zero attached hydrogens (tertiary/aromatic N) is 2. The molecule has 3 rings (SSSR count). The molecule has 2 N–H and O–H groups in total. The smallest absolute Gasteiger partial charge is 0.317 e. The molecule has 0 aliphatic carbocycles. The van der Waals surface area contributed by atoms with Crippen LogP contribution in [-0.4, -0.2) is 64.5 Å². The second-order valence-electron chi connectivity index (χ2n) is 5.24. The average Bonchev–Trinajstić information content (AvgIpc) is 2.94. The number of amides is 1. The van der Waals surface area contributed by atoms with Crippen molar-refractivity contribution in [2.24, 2.45) is 0 Å². The lowest BCUT2D eigenvalue weighted by molar-refractivity contribution is -0.138. The van der Waals surface area contributed by atoms with Gasteiger partial charge in [0.1, 0.15) is 0 Å². The maximum absolute atomic E-state index is 12.5. The van der Waals surface area contributed by atoms with Crippen LogP contribution >= 0.6 is 0 Å². The number of rotatable bonds is 3. The van der Waals surface area contributed by atoms with Crippen LogP contribution < -0.4 is 0 Å². The number of aromatic nitrogens is 1. The number of piperazine rings is 1. The summed E-state index contributed by atoms with van der Waals surface area (Å²) in [5.41, 5.74) is 1.61. The first-order valence-corrected chi connectivity index (χ1v) is 6.94. The molecule has 1 aliphatic heterocycles. The standard InChI is InChI=1S/C15H17N3O3/c19-14(20)10-17-5-7-18(8-6-17)15(21)12-2-1-11-3-4-16-13(11)9-12/h1-4,9,16H,5-8,10H2,(H,19,20). The van der Waals surface area contributed by atoms with Gasteiger partial charge >= 0.3 is 5.97 Å². The highest BCUT2D eigenvalue weighted by Crippen LogP contribution is 2.16. The lowest BCUT2D eigenvalue weighted by atomic mass is 10.1. The number of H-pyrrole nitrogens is 1. The molecule has 1 aromatic heterocycles. The van der Waals surface area contributed by atoms with E-state index in [2.05, 4.69) is 4.98 Å². The van der Waals surface area contributed by atoms with Gasteiger partial charge in [-0.05, 0) is 23.6 Å². The molecule has 2 heterocycles. The van der Waals surface area contributed by atoms with Crippen molar-refractivity contribution >= 4 is 22.8 Å². The Labute approximate surface area is 122 Å². The van der Waals surface area contributed by atoms with Crippen LogP contribution in [0.5, 0.6) is 0 Å². The number of aromatic amines is 1. The van der Waals surface area contributed by atoms with Crippen LogP contribution in [0.4, 0.5) is 0 Å². The van der Waals surface area contributed by atoms with Crippen molar-refractivity contribution in [3.05, 3.63) is 36.0 Å². The lowest BCUT2D eigenvalue weighted by Gasteiger charge is -2.33. The molecule has 1 amide bonds. The first-order valence-electron chi connectivity index (χ1n) is 6.94. The monoisotopic (exact) mass is 287 g/mol. The molecule has 6 nitrogen and oxygen atoms in total. The summed E-state index contributed by atoms with van der Waals surface area (Å²) >= 11 is 0. The molecular formula is C15H17N3O3. The van der Waals surface area contributed by atoms with E-state index in [1.807, 2.05) is 35.4 Å². The molecule has 0 spiro atoms. The van der Waals surface area contributed by atoms with E-state index in [0.29, 0.717) is 31.7 Å². The van der Waals surface area contributed by atoms with E-state index in [1.165, 1.54) is 0 Å². The molecule has 21 heavy (non-hydrogen) atoms. The van der Waals surface area contributed by atoms with Crippen molar-refractivity contribution in [2.45, 2.75) is 0 Å². The molecule has 0 atom stereocenters. The van der Waals surface area contributed by atoms with Gasteiger partial charge in [-0.1, -0.05) is 6.07 Å². The van der Waals surface area contributed by atoms with Crippen LogP contribution in [0.25, 0.3) is 10.9 Å². The summed E-state index contributed by atoms with van der Waals surface area (Å²) in [5.74, 6) is -0.826. The zero-order valence-electron chi connectivity index (χ0n) is 11.6. The Kier molecular flexibility index (Phi) is 3.62. The number of aliphatic carboxylic acids is 1. The predicted octanol–water partition coefficient (Wildman–Crippen LogP) is 1.01. The minimum absolute atomic E-state index is 0.00137. The molecule has 0 radical (unpaired) electrons. The Morgan fingerprint density at radius 1 is 1.14 bits per heavy atom. The summed E-state index contributed by atoms with van der Waals surface area (Å²) in [6, 6.07) is 7.59. The van der Waals surface area contributed by atoms with Gasteiger partial charge in [0.15, 0.2) is 0 Å². The van der Waals surface area contributed by atoms with Crippen LogP contribution in [-0.2, 0) is 4.79 Å². The second-order valence-corrected chi connectivity index (χ2v) is 5.24. The maximum atomic E-state index is 12.5. The number of carbonyl (C=O) groups is 2. The summed E-state index contributed by atoms with van der Waals surface area (Å²) in [5, 5.41) is 9.85. The van der Waals surface area contributed by atoms with Crippen molar-refractivity contribution < 1.29 is 14.7 Å². The van der Waals surface area contributed by atoms with Crippen LogP contribution in [0.1, 0.15) is 10.4 Å². The Morgan fingerprint density at radius 3 is 2.62 bits per heavy atom. The van der Waals surface area contributed by atoms with Gasteiger partial charge < -0.3 is 15.0 Å². The molecule has 1 aromatic carbocycles. The van der Waals surface area contributed by atoms with Gasteiger partial charge in [0.25, 0.3) is 5.91 Å². The van der Waals surface area contributed by atoms with E-state index in [-0.39, 0.29) is 12.5 Å². The fraction of sp³-hybridized carbons (Fsp3) is 0.333. The largest absolute Gasteiger partial charge is 0.480 e. The molecule has 1 aliphatic rings. The summed E-state index contributed by atoms with van der Waals surface area (Å²) < 4.78 is 0. The van der Waals surface area contributed by atoms with Crippen molar-refractivity contribution in [1.82, 2.24) is 14.8 Å².